The molecular weight excluding hydrogens is 358 g/mol. The number of aromatic nitrogens is 1. The van der Waals surface area contributed by atoms with Crippen LogP contribution in [0.2, 0.25) is 0 Å². The molecule has 0 aliphatic carbocycles. The van der Waals surface area contributed by atoms with Gasteiger partial charge in [0.05, 0.1) is 12.8 Å². The summed E-state index contributed by atoms with van der Waals surface area (Å²) in [5.74, 6) is 0.965. The Morgan fingerprint density at radius 3 is 3.00 bits per heavy atom. The van der Waals surface area contributed by atoms with Crippen molar-refractivity contribution in [3.05, 3.63) is 59.0 Å². The lowest BCUT2D eigenvalue weighted by atomic mass is 10.0. The molecule has 0 saturated carbocycles. The Morgan fingerprint density at radius 1 is 1.22 bits per heavy atom. The first-order chi connectivity index (χ1) is 13.2. The normalized spacial score (nSPS) is 13.4. The van der Waals surface area contributed by atoms with Gasteiger partial charge in [-0.25, -0.2) is 4.98 Å². The highest BCUT2D eigenvalue weighted by Gasteiger charge is 2.14. The van der Waals surface area contributed by atoms with Gasteiger partial charge >= 0.3 is 0 Å². The lowest BCUT2D eigenvalue weighted by Gasteiger charge is -2.09. The summed E-state index contributed by atoms with van der Waals surface area (Å²) in [6.07, 6.45) is 2.37. The average Bonchev–Trinajstić information content (AvgIpc) is 3.08. The highest BCUT2D eigenvalue weighted by atomic mass is 32.1. The van der Waals surface area contributed by atoms with Crippen LogP contribution in [-0.4, -0.2) is 18.0 Å². The third kappa shape index (κ3) is 3.95. The van der Waals surface area contributed by atoms with Crippen LogP contribution >= 0.6 is 11.3 Å². The van der Waals surface area contributed by atoms with Crippen molar-refractivity contribution < 1.29 is 9.53 Å². The maximum atomic E-state index is 11.7. The van der Waals surface area contributed by atoms with Crippen molar-refractivity contribution in [3.63, 3.8) is 0 Å². The van der Waals surface area contributed by atoms with Crippen LogP contribution in [0.3, 0.4) is 0 Å². The number of fused-ring (bicyclic) bond motifs is 1. The molecule has 138 valence electrons. The maximum absolute atomic E-state index is 11.7. The average molecular weight is 379 g/mol. The van der Waals surface area contributed by atoms with E-state index in [2.05, 4.69) is 22.1 Å². The molecule has 1 amide bonds. The molecule has 6 heteroatoms. The molecule has 1 aliphatic rings. The minimum atomic E-state index is 0.0954. The van der Waals surface area contributed by atoms with E-state index in [1.807, 2.05) is 36.4 Å². The summed E-state index contributed by atoms with van der Waals surface area (Å²) >= 11 is 1.59. The molecule has 0 atom stereocenters. The number of para-hydroxylation sites is 1. The third-order valence-electron chi connectivity index (χ3n) is 4.65. The fraction of sp³-hybridized carbons (Fsp3) is 0.238. The van der Waals surface area contributed by atoms with Gasteiger partial charge in [-0.15, -0.1) is 11.3 Å². The van der Waals surface area contributed by atoms with E-state index in [1.54, 1.807) is 18.4 Å². The molecule has 27 heavy (non-hydrogen) atoms. The number of benzene rings is 2. The molecule has 0 fully saturated rings. The van der Waals surface area contributed by atoms with Gasteiger partial charge in [0.1, 0.15) is 5.75 Å². The first-order valence-electron chi connectivity index (χ1n) is 8.97. The first kappa shape index (κ1) is 17.5. The molecule has 2 aromatic carbocycles. The molecule has 1 aromatic heterocycles. The monoisotopic (exact) mass is 379 g/mol. The van der Waals surface area contributed by atoms with E-state index >= 15 is 0 Å². The minimum Gasteiger partial charge on any atom is -0.496 e. The fourth-order valence-corrected chi connectivity index (χ4v) is 3.96. The number of hydrogen-bond acceptors (Lipinski definition) is 5. The molecule has 0 radical (unpaired) electrons. The van der Waals surface area contributed by atoms with Gasteiger partial charge in [0.15, 0.2) is 5.13 Å². The van der Waals surface area contributed by atoms with E-state index in [1.165, 1.54) is 5.56 Å². The van der Waals surface area contributed by atoms with Gasteiger partial charge in [-0.3, -0.25) is 4.79 Å². The van der Waals surface area contributed by atoms with E-state index in [9.17, 15) is 4.79 Å². The predicted octanol–water partition coefficient (Wildman–Crippen LogP) is 4.71. The zero-order valence-corrected chi connectivity index (χ0v) is 15.9. The zero-order chi connectivity index (χ0) is 18.6. The van der Waals surface area contributed by atoms with Gasteiger partial charge < -0.3 is 15.4 Å². The topological polar surface area (TPSA) is 63.2 Å². The number of nitrogens with zero attached hydrogens (tertiary/aromatic N) is 1. The number of hydrogen-bond donors (Lipinski definition) is 2. The number of carbonyl (C=O) groups is 1. The Bertz CT molecular complexity index is 968. The molecular formula is C21H21N3O2S. The number of amides is 1. The maximum Gasteiger partial charge on any atom is 0.224 e. The first-order valence-corrected chi connectivity index (χ1v) is 9.85. The van der Waals surface area contributed by atoms with Gasteiger partial charge in [-0.05, 0) is 36.6 Å². The van der Waals surface area contributed by atoms with E-state index < -0.39 is 0 Å². The summed E-state index contributed by atoms with van der Waals surface area (Å²) in [4.78, 5) is 16.4. The highest BCUT2D eigenvalue weighted by molar-refractivity contribution is 7.14. The van der Waals surface area contributed by atoms with Gasteiger partial charge in [0, 0.05) is 35.2 Å². The van der Waals surface area contributed by atoms with Crippen LogP contribution in [0, 0.1) is 0 Å². The van der Waals surface area contributed by atoms with E-state index in [4.69, 9.17) is 9.72 Å². The van der Waals surface area contributed by atoms with Gasteiger partial charge in [-0.2, -0.15) is 0 Å². The number of rotatable bonds is 5. The largest absolute Gasteiger partial charge is 0.496 e. The molecule has 1 aliphatic heterocycles. The zero-order valence-electron chi connectivity index (χ0n) is 15.1. The highest BCUT2D eigenvalue weighted by Crippen LogP contribution is 2.30. The number of nitrogens with one attached hydrogen (secondary N) is 2. The number of methoxy groups -OCH3 is 1. The van der Waals surface area contributed by atoms with Crippen LogP contribution in [0.5, 0.6) is 5.75 Å². The molecule has 4 rings (SSSR count). The second-order valence-electron chi connectivity index (χ2n) is 6.48. The van der Waals surface area contributed by atoms with Crippen molar-refractivity contribution in [1.29, 1.82) is 0 Å². The molecule has 5 nitrogen and oxygen atoms in total. The van der Waals surface area contributed by atoms with Gasteiger partial charge in [-0.1, -0.05) is 24.3 Å². The van der Waals surface area contributed by atoms with Crippen LogP contribution < -0.4 is 15.4 Å². The van der Waals surface area contributed by atoms with E-state index in [-0.39, 0.29) is 5.91 Å². The standard InChI is InChI=1S/C21H21N3O2S/c1-26-19-7-3-2-5-16(19)12-22-21-24-18(13-27-21)15-9-10-17-14(11-15)6-4-8-20(25)23-17/h2-3,5,7,9-11,13H,4,6,8,12H2,1H3,(H,22,24)(H,23,25). The Labute approximate surface area is 162 Å². The Hall–Kier alpha value is -2.86. The quantitative estimate of drug-likeness (QED) is 0.674. The SMILES string of the molecule is COc1ccccc1CNc1nc(-c2ccc3c(c2)CCCC(=O)N3)cs1. The summed E-state index contributed by atoms with van der Waals surface area (Å²) in [7, 11) is 1.68. The van der Waals surface area contributed by atoms with Crippen molar-refractivity contribution >= 4 is 28.1 Å². The lowest BCUT2D eigenvalue weighted by Crippen LogP contribution is -2.09. The molecule has 0 spiro atoms. The molecule has 3 aromatic rings. The van der Waals surface area contributed by atoms with Crippen molar-refractivity contribution in [2.75, 3.05) is 17.7 Å². The van der Waals surface area contributed by atoms with Gasteiger partial charge in [0.25, 0.3) is 0 Å². The summed E-state index contributed by atoms with van der Waals surface area (Å²) < 4.78 is 5.39. The second-order valence-corrected chi connectivity index (χ2v) is 7.34. The van der Waals surface area contributed by atoms with Crippen molar-refractivity contribution in [3.8, 4) is 17.0 Å². The summed E-state index contributed by atoms with van der Waals surface area (Å²) in [6, 6.07) is 14.1. The Kier molecular flexibility index (Phi) is 5.07. The van der Waals surface area contributed by atoms with Crippen LogP contribution in [0.15, 0.2) is 47.8 Å². The number of thiazole rings is 1. The summed E-state index contributed by atoms with van der Waals surface area (Å²) in [5.41, 5.74) is 5.21. The smallest absolute Gasteiger partial charge is 0.224 e. The van der Waals surface area contributed by atoms with E-state index in [0.717, 1.165) is 46.2 Å². The predicted molar refractivity (Wildman–Crippen MR) is 109 cm³/mol. The number of carbonyl (C=O) groups excluding carboxylic acids is 1. The molecule has 0 saturated heterocycles. The number of anilines is 2. The molecule has 2 heterocycles. The van der Waals surface area contributed by atoms with Crippen LogP contribution in [0.25, 0.3) is 11.3 Å². The third-order valence-corrected chi connectivity index (χ3v) is 5.45. The molecule has 0 bridgehead atoms. The van der Waals surface area contributed by atoms with E-state index in [0.29, 0.717) is 13.0 Å². The van der Waals surface area contributed by atoms with Gasteiger partial charge in [0.2, 0.25) is 5.91 Å². The van der Waals surface area contributed by atoms with Crippen LogP contribution in [0.1, 0.15) is 24.0 Å². The molecule has 0 unspecified atom stereocenters. The van der Waals surface area contributed by atoms with Crippen molar-refractivity contribution in [2.24, 2.45) is 0 Å². The second kappa shape index (κ2) is 7.80. The summed E-state index contributed by atoms with van der Waals surface area (Å²) in [6.45, 7) is 0.660. The van der Waals surface area contributed by atoms with Crippen molar-refractivity contribution in [1.82, 2.24) is 4.98 Å². The van der Waals surface area contributed by atoms with Crippen LogP contribution in [-0.2, 0) is 17.8 Å². The Morgan fingerprint density at radius 2 is 2.11 bits per heavy atom. The summed E-state index contributed by atoms with van der Waals surface area (Å²) in [5, 5.41) is 9.28. The Balaban J connectivity index is 1.49. The fourth-order valence-electron chi connectivity index (χ4n) is 3.24. The van der Waals surface area contributed by atoms with Crippen LogP contribution in [0.4, 0.5) is 10.8 Å². The van der Waals surface area contributed by atoms with Crippen molar-refractivity contribution in [2.45, 2.75) is 25.8 Å². The lowest BCUT2D eigenvalue weighted by molar-refractivity contribution is -0.116. The molecule has 2 N–H and O–H groups in total. The minimum absolute atomic E-state index is 0.0954. The number of ether oxygens (including phenoxy) is 1. The number of aryl methyl sites for hydroxylation is 1.